The number of aromatic nitrogens is 4. The van der Waals surface area contributed by atoms with Crippen LogP contribution in [0.2, 0.25) is 0 Å². The van der Waals surface area contributed by atoms with E-state index < -0.39 is 44.9 Å². The molecule has 0 fully saturated rings. The molecule has 0 saturated carbocycles. The van der Waals surface area contributed by atoms with Crippen molar-refractivity contribution >= 4 is 61.2 Å². The van der Waals surface area contributed by atoms with E-state index in [1.165, 1.54) is 18.3 Å². The molecule has 14 nitrogen and oxygen atoms in total. The Bertz CT molecular complexity index is 2430. The number of benzene rings is 2. The number of rotatable bonds is 10. The van der Waals surface area contributed by atoms with Gasteiger partial charge in [0.05, 0.1) is 28.5 Å². The number of para-hydroxylation sites is 1. The standard InChI is InChI=1S/C39H44ClN7O7S/c1-23-28-18-31(42-21-32(28)47(45-23)55(51,52)26-13-9-8-10-14-26)29-19-33(35(44-36(48)49)46(34(29)40)38(2,3)4)53-22-25(43-37(50)54-39(5,6)7)17-24-20-41-30-16-12-11-15-27(24)30/h8-16,18-21,25,34,41,44H,17,22H2,1-7H3,(H,43,50)(H,48,49)/t25-,34?/m0/s1. The Kier molecular flexibility index (Phi) is 10.6. The van der Waals surface area contributed by atoms with Crippen molar-refractivity contribution in [1.29, 1.82) is 0 Å². The van der Waals surface area contributed by atoms with Gasteiger partial charge in [-0.3, -0.25) is 10.3 Å². The molecule has 0 aliphatic carbocycles. The summed E-state index contributed by atoms with van der Waals surface area (Å²) in [5.41, 5.74) is 0.954. The van der Waals surface area contributed by atoms with Crippen molar-refractivity contribution in [2.24, 2.45) is 0 Å². The average molecular weight is 790 g/mol. The first-order valence-corrected chi connectivity index (χ1v) is 19.4. The zero-order valence-corrected chi connectivity index (χ0v) is 33.1. The van der Waals surface area contributed by atoms with Gasteiger partial charge in [-0.05, 0) is 90.8 Å². The number of ether oxygens (including phenoxy) is 2. The molecule has 0 radical (unpaired) electrons. The van der Waals surface area contributed by atoms with Gasteiger partial charge in [0.25, 0.3) is 10.0 Å². The number of carbonyl (C=O) groups is 2. The summed E-state index contributed by atoms with van der Waals surface area (Å²) in [5.74, 6) is 0.214. The number of carbonyl (C=O) groups excluding carboxylic acids is 1. The number of alkyl halides is 1. The summed E-state index contributed by atoms with van der Waals surface area (Å²) in [6.07, 6.45) is 3.28. The molecule has 2 amide bonds. The number of hydrogen-bond donors (Lipinski definition) is 4. The number of amides is 2. The maximum atomic E-state index is 13.6. The van der Waals surface area contributed by atoms with Crippen molar-refractivity contribution in [3.8, 4) is 0 Å². The number of carboxylic acid groups (broad SMARTS) is 1. The Morgan fingerprint density at radius 1 is 1.04 bits per heavy atom. The topological polar surface area (TPSA) is 181 Å². The minimum atomic E-state index is -4.03. The van der Waals surface area contributed by atoms with Crippen LogP contribution in [0.4, 0.5) is 9.59 Å². The molecule has 290 valence electrons. The quantitative estimate of drug-likeness (QED) is 0.0841. The van der Waals surface area contributed by atoms with Gasteiger partial charge in [0.15, 0.2) is 11.6 Å². The first-order valence-electron chi connectivity index (χ1n) is 17.6. The summed E-state index contributed by atoms with van der Waals surface area (Å²) in [4.78, 5) is 35.0. The second-order valence-corrected chi connectivity index (χ2v) is 17.4. The molecule has 1 aliphatic heterocycles. The van der Waals surface area contributed by atoms with Crippen molar-refractivity contribution in [2.75, 3.05) is 6.61 Å². The Morgan fingerprint density at radius 3 is 2.40 bits per heavy atom. The van der Waals surface area contributed by atoms with Crippen LogP contribution in [-0.2, 0) is 25.9 Å². The number of nitrogens with zero attached hydrogens (tertiary/aromatic N) is 4. The van der Waals surface area contributed by atoms with Gasteiger partial charge >= 0.3 is 12.2 Å². The smallest absolute Gasteiger partial charge is 0.410 e. The predicted molar refractivity (Wildman–Crippen MR) is 210 cm³/mol. The second kappa shape index (κ2) is 14.9. The van der Waals surface area contributed by atoms with E-state index in [0.717, 1.165) is 20.6 Å². The van der Waals surface area contributed by atoms with Crippen LogP contribution in [0.25, 0.3) is 27.4 Å². The summed E-state index contributed by atoms with van der Waals surface area (Å²) < 4.78 is 40.1. The summed E-state index contributed by atoms with van der Waals surface area (Å²) in [7, 11) is -4.03. The first-order chi connectivity index (χ1) is 25.8. The summed E-state index contributed by atoms with van der Waals surface area (Å²) in [6.45, 7) is 12.5. The molecule has 1 unspecified atom stereocenters. The van der Waals surface area contributed by atoms with E-state index in [1.807, 2.05) is 51.2 Å². The van der Waals surface area contributed by atoms with Crippen LogP contribution in [0.1, 0.15) is 58.5 Å². The van der Waals surface area contributed by atoms with Crippen LogP contribution < -0.4 is 10.6 Å². The van der Waals surface area contributed by atoms with Crippen LogP contribution in [0.3, 0.4) is 0 Å². The van der Waals surface area contributed by atoms with Gasteiger partial charge in [0.2, 0.25) is 0 Å². The molecule has 1 aliphatic rings. The number of pyridine rings is 1. The lowest BCUT2D eigenvalue weighted by molar-refractivity contribution is 0.0471. The van der Waals surface area contributed by atoms with Gasteiger partial charge in [-0.1, -0.05) is 48.0 Å². The molecular weight excluding hydrogens is 746 g/mol. The van der Waals surface area contributed by atoms with Crippen molar-refractivity contribution in [1.82, 2.24) is 34.7 Å². The third kappa shape index (κ3) is 8.42. The molecule has 16 heteroatoms. The molecule has 6 rings (SSSR count). The average Bonchev–Trinajstić information content (AvgIpc) is 3.67. The van der Waals surface area contributed by atoms with Crippen molar-refractivity contribution < 1.29 is 32.6 Å². The molecular formula is C39H44ClN7O7S. The maximum Gasteiger partial charge on any atom is 0.410 e. The largest absolute Gasteiger partial charge is 0.488 e. The SMILES string of the molecule is Cc1nn(S(=O)(=O)c2ccccc2)c2cnc(C3=CC(OC[C@H](Cc4c[nH]c5ccccc45)NC(=O)OC(C)(C)C)=C(NC(=O)O)N(C(C)(C)C)C3Cl)cc12. The van der Waals surface area contributed by atoms with Crippen LogP contribution in [-0.4, -0.2) is 79.1 Å². The normalized spacial score (nSPS) is 15.9. The molecule has 55 heavy (non-hydrogen) atoms. The molecule has 4 N–H and O–H groups in total. The van der Waals surface area contributed by atoms with E-state index in [0.29, 0.717) is 28.8 Å². The number of hydrogen-bond acceptors (Lipinski definition) is 9. The molecule has 3 aromatic heterocycles. The van der Waals surface area contributed by atoms with Gasteiger partial charge in [-0.15, -0.1) is 0 Å². The number of allylic oxidation sites excluding steroid dienone is 1. The third-order valence-corrected chi connectivity index (χ3v) is 10.8. The fraction of sp³-hybridized carbons (Fsp3) is 0.333. The zero-order chi connectivity index (χ0) is 39.9. The van der Waals surface area contributed by atoms with E-state index in [-0.39, 0.29) is 28.6 Å². The van der Waals surface area contributed by atoms with Gasteiger partial charge < -0.3 is 29.8 Å². The van der Waals surface area contributed by atoms with E-state index in [2.05, 4.69) is 25.7 Å². The lowest BCUT2D eigenvalue weighted by Crippen LogP contribution is -2.52. The lowest BCUT2D eigenvalue weighted by Gasteiger charge is -2.45. The number of H-pyrrole nitrogens is 1. The molecule has 2 aromatic carbocycles. The van der Waals surface area contributed by atoms with Gasteiger partial charge in [0.1, 0.15) is 23.2 Å². The predicted octanol–water partition coefficient (Wildman–Crippen LogP) is 7.11. The molecule has 0 saturated heterocycles. The van der Waals surface area contributed by atoms with Crippen LogP contribution in [0, 0.1) is 6.92 Å². The highest BCUT2D eigenvalue weighted by Crippen LogP contribution is 2.39. The number of aryl methyl sites for hydroxylation is 1. The molecule has 4 heterocycles. The Hall–Kier alpha value is -5.54. The maximum absolute atomic E-state index is 13.6. The molecule has 0 bridgehead atoms. The number of halogens is 1. The van der Waals surface area contributed by atoms with Gasteiger partial charge in [-0.25, -0.2) is 9.59 Å². The summed E-state index contributed by atoms with van der Waals surface area (Å²) in [5, 5.41) is 21.3. The minimum absolute atomic E-state index is 0.0784. The van der Waals surface area contributed by atoms with Crippen molar-refractivity contribution in [3.05, 3.63) is 108 Å². The first kappa shape index (κ1) is 39.2. The molecule has 0 spiro atoms. The monoisotopic (exact) mass is 789 g/mol. The molecule has 2 atom stereocenters. The van der Waals surface area contributed by atoms with Crippen LogP contribution in [0.5, 0.6) is 0 Å². The Morgan fingerprint density at radius 2 is 1.73 bits per heavy atom. The summed E-state index contributed by atoms with van der Waals surface area (Å²) in [6, 6.07) is 16.9. The fourth-order valence-corrected chi connectivity index (χ4v) is 8.30. The number of alkyl carbamates (subject to hydrolysis) is 1. The Labute approximate surface area is 324 Å². The lowest BCUT2D eigenvalue weighted by atomic mass is 9.98. The second-order valence-electron chi connectivity index (χ2n) is 15.2. The highest BCUT2D eigenvalue weighted by molar-refractivity contribution is 7.90. The van der Waals surface area contributed by atoms with E-state index in [9.17, 15) is 23.1 Å². The highest BCUT2D eigenvalue weighted by Gasteiger charge is 2.39. The van der Waals surface area contributed by atoms with E-state index >= 15 is 0 Å². The molecule has 5 aromatic rings. The van der Waals surface area contributed by atoms with Crippen LogP contribution in [0.15, 0.2) is 95.6 Å². The number of aromatic amines is 1. The van der Waals surface area contributed by atoms with Crippen LogP contribution >= 0.6 is 11.6 Å². The minimum Gasteiger partial charge on any atom is -0.488 e. The Balaban J connectivity index is 1.41. The van der Waals surface area contributed by atoms with E-state index in [1.54, 1.807) is 62.9 Å². The van der Waals surface area contributed by atoms with Gasteiger partial charge in [0, 0.05) is 33.6 Å². The van der Waals surface area contributed by atoms with Gasteiger partial charge in [-0.2, -0.15) is 17.6 Å². The van der Waals surface area contributed by atoms with Crippen molar-refractivity contribution in [2.45, 2.75) is 82.5 Å². The number of nitrogens with one attached hydrogen (secondary N) is 3. The fourth-order valence-electron chi connectivity index (χ4n) is 6.40. The zero-order valence-electron chi connectivity index (χ0n) is 31.5. The van der Waals surface area contributed by atoms with E-state index in [4.69, 9.17) is 21.1 Å². The van der Waals surface area contributed by atoms with Crippen molar-refractivity contribution in [3.63, 3.8) is 0 Å². The number of fused-ring (bicyclic) bond motifs is 2. The highest BCUT2D eigenvalue weighted by atomic mass is 35.5. The summed E-state index contributed by atoms with van der Waals surface area (Å²) >= 11 is 7.20. The third-order valence-electron chi connectivity index (χ3n) is 8.78.